The first-order chi connectivity index (χ1) is 18.4. The van der Waals surface area contributed by atoms with E-state index in [2.05, 4.69) is 20.8 Å². The molecule has 4 aliphatic rings. The number of aliphatic carboxylic acids is 1. The summed E-state index contributed by atoms with van der Waals surface area (Å²) in [6, 6.07) is 4.38. The molecule has 0 bridgehead atoms. The Kier molecular flexibility index (Phi) is 7.42. The molecule has 11 atom stereocenters. The second kappa shape index (κ2) is 10.3. The van der Waals surface area contributed by atoms with Crippen molar-refractivity contribution in [1.29, 1.82) is 0 Å². The van der Waals surface area contributed by atoms with E-state index < -0.39 is 24.1 Å². The molecule has 1 aromatic carbocycles. The van der Waals surface area contributed by atoms with Crippen LogP contribution in [0.25, 0.3) is 0 Å². The fraction of sp³-hybridized carbons (Fsp3) is 0.742. The Labute approximate surface area is 230 Å². The number of nitrogen functional groups attached to an aromatic ring is 1. The molecule has 4 saturated carbocycles. The molecule has 4 fully saturated rings. The summed E-state index contributed by atoms with van der Waals surface area (Å²) in [5.41, 5.74) is 5.78. The number of esters is 1. The van der Waals surface area contributed by atoms with Crippen LogP contribution >= 0.6 is 0 Å². The third-order valence-corrected chi connectivity index (χ3v) is 11.8. The molecule has 0 unspecified atom stereocenters. The van der Waals surface area contributed by atoms with Crippen molar-refractivity contribution in [3.8, 4) is 5.75 Å². The Morgan fingerprint density at radius 1 is 1.10 bits per heavy atom. The van der Waals surface area contributed by atoms with Gasteiger partial charge < -0.3 is 30.9 Å². The van der Waals surface area contributed by atoms with Crippen molar-refractivity contribution in [3.05, 3.63) is 23.8 Å². The summed E-state index contributed by atoms with van der Waals surface area (Å²) in [5, 5.41) is 42.7. The van der Waals surface area contributed by atoms with Crippen LogP contribution < -0.4 is 5.73 Å². The van der Waals surface area contributed by atoms with Crippen LogP contribution in [0.3, 0.4) is 0 Å². The number of nitrogens with two attached hydrogens (primary N) is 1. The Morgan fingerprint density at radius 3 is 2.54 bits per heavy atom. The van der Waals surface area contributed by atoms with Gasteiger partial charge in [0.05, 0.1) is 12.2 Å². The molecule has 0 heterocycles. The lowest BCUT2D eigenvalue weighted by molar-refractivity contribution is -0.207. The fourth-order valence-corrected chi connectivity index (χ4v) is 9.71. The van der Waals surface area contributed by atoms with E-state index in [1.807, 2.05) is 0 Å². The van der Waals surface area contributed by atoms with Crippen molar-refractivity contribution in [1.82, 2.24) is 0 Å². The first kappa shape index (κ1) is 28.2. The number of benzene rings is 1. The molecule has 0 saturated heterocycles. The molecule has 216 valence electrons. The second-order valence-corrected chi connectivity index (χ2v) is 13.6. The summed E-state index contributed by atoms with van der Waals surface area (Å²) in [6.45, 7) is 6.63. The van der Waals surface area contributed by atoms with Crippen LogP contribution in [0.5, 0.6) is 5.75 Å². The van der Waals surface area contributed by atoms with Gasteiger partial charge in [-0.1, -0.05) is 20.8 Å². The summed E-state index contributed by atoms with van der Waals surface area (Å²) in [7, 11) is 0. The van der Waals surface area contributed by atoms with Crippen LogP contribution in [0, 0.1) is 46.3 Å². The molecule has 5 rings (SSSR count). The van der Waals surface area contributed by atoms with Crippen molar-refractivity contribution in [2.75, 3.05) is 5.73 Å². The van der Waals surface area contributed by atoms with Gasteiger partial charge in [0.15, 0.2) is 0 Å². The molecule has 8 heteroatoms. The van der Waals surface area contributed by atoms with Gasteiger partial charge in [0, 0.05) is 18.2 Å². The van der Waals surface area contributed by atoms with Crippen molar-refractivity contribution in [2.24, 2.45) is 46.3 Å². The van der Waals surface area contributed by atoms with Crippen molar-refractivity contribution in [2.45, 2.75) is 96.9 Å². The molecular weight excluding hydrogens is 498 g/mol. The summed E-state index contributed by atoms with van der Waals surface area (Å²) in [4.78, 5) is 24.0. The summed E-state index contributed by atoms with van der Waals surface area (Å²) in [5.74, 6) is -0.404. The lowest BCUT2D eigenvalue weighted by Crippen LogP contribution is -2.62. The molecular formula is C31H45NO7. The molecule has 4 aliphatic carbocycles. The average molecular weight is 544 g/mol. The molecule has 39 heavy (non-hydrogen) atoms. The second-order valence-electron chi connectivity index (χ2n) is 13.6. The minimum atomic E-state index is -0.779. The summed E-state index contributed by atoms with van der Waals surface area (Å²) < 4.78 is 5.84. The maximum Gasteiger partial charge on any atom is 0.342 e. The first-order valence-corrected chi connectivity index (χ1v) is 14.7. The number of anilines is 1. The Balaban J connectivity index is 1.31. The number of phenols is 1. The van der Waals surface area contributed by atoms with Gasteiger partial charge in [-0.15, -0.1) is 0 Å². The van der Waals surface area contributed by atoms with Crippen LogP contribution in [-0.4, -0.2) is 50.7 Å². The minimum Gasteiger partial charge on any atom is -0.507 e. The summed E-state index contributed by atoms with van der Waals surface area (Å²) in [6.07, 6.45) is 4.94. The van der Waals surface area contributed by atoms with Crippen LogP contribution in [0.15, 0.2) is 18.2 Å². The molecule has 1 aromatic rings. The van der Waals surface area contributed by atoms with Gasteiger partial charge in [-0.05, 0) is 110 Å². The number of aliphatic hydroxyl groups is 2. The van der Waals surface area contributed by atoms with Gasteiger partial charge in [0.1, 0.15) is 17.4 Å². The first-order valence-electron chi connectivity index (χ1n) is 14.7. The smallest absolute Gasteiger partial charge is 0.342 e. The highest BCUT2D eigenvalue weighted by Gasteiger charge is 2.65. The molecule has 0 aromatic heterocycles. The maximum atomic E-state index is 12.8. The van der Waals surface area contributed by atoms with Gasteiger partial charge in [-0.25, -0.2) is 4.79 Å². The lowest BCUT2D eigenvalue weighted by atomic mass is 9.43. The number of hydrogen-bond donors (Lipinski definition) is 5. The number of aromatic hydroxyl groups is 1. The van der Waals surface area contributed by atoms with Crippen LogP contribution in [0.4, 0.5) is 5.69 Å². The molecule has 8 nitrogen and oxygen atoms in total. The van der Waals surface area contributed by atoms with E-state index in [1.54, 1.807) is 6.07 Å². The standard InChI is InChI=1S/C31H45NO7/c1-16(4-9-27(36)37)21-7-8-22-28-23(15-26(35)31(21,22)3)30(2)11-10-19(12-17(30)13-25(28)34)39-29(38)20-6-5-18(32)14-24(20)33/h5-6,14,16-17,19,21-23,25-26,28,33-35H,4,7-13,15,32H2,1-3H3,(H,36,37)/t16-,17+,19-,21-,22+,23+,25-,26+,28+,30+,31-/m1/s1. The number of carbonyl (C=O) groups excluding carboxylic acids is 1. The van der Waals surface area contributed by atoms with E-state index in [1.165, 1.54) is 12.1 Å². The van der Waals surface area contributed by atoms with Gasteiger partial charge in [-0.3, -0.25) is 4.79 Å². The lowest BCUT2D eigenvalue weighted by Gasteiger charge is -2.63. The van der Waals surface area contributed by atoms with E-state index in [9.17, 15) is 30.0 Å². The maximum absolute atomic E-state index is 12.8. The monoisotopic (exact) mass is 543 g/mol. The van der Waals surface area contributed by atoms with Crippen LogP contribution in [0.2, 0.25) is 0 Å². The normalized spacial score (nSPS) is 42.1. The largest absolute Gasteiger partial charge is 0.507 e. The Bertz CT molecular complexity index is 1110. The molecule has 0 amide bonds. The number of carboxylic acid groups (broad SMARTS) is 1. The molecule has 6 N–H and O–H groups in total. The van der Waals surface area contributed by atoms with Gasteiger partial charge in [0.25, 0.3) is 0 Å². The number of carboxylic acids is 1. The summed E-state index contributed by atoms with van der Waals surface area (Å²) >= 11 is 0. The number of hydrogen-bond acceptors (Lipinski definition) is 7. The van der Waals surface area contributed by atoms with Gasteiger partial charge >= 0.3 is 11.9 Å². The number of aliphatic hydroxyl groups excluding tert-OH is 2. The molecule has 0 aliphatic heterocycles. The van der Waals surface area contributed by atoms with E-state index in [-0.39, 0.29) is 70.2 Å². The minimum absolute atomic E-state index is 0.0640. The Hall–Kier alpha value is -2.32. The van der Waals surface area contributed by atoms with E-state index in [0.29, 0.717) is 37.8 Å². The van der Waals surface area contributed by atoms with E-state index in [4.69, 9.17) is 10.5 Å². The van der Waals surface area contributed by atoms with Crippen LogP contribution in [-0.2, 0) is 9.53 Å². The van der Waals surface area contributed by atoms with Crippen molar-refractivity contribution >= 4 is 17.6 Å². The predicted molar refractivity (Wildman–Crippen MR) is 146 cm³/mol. The molecule has 0 radical (unpaired) electrons. The highest BCUT2D eigenvalue weighted by Crippen LogP contribution is 2.68. The highest BCUT2D eigenvalue weighted by atomic mass is 16.5. The zero-order chi connectivity index (χ0) is 28.3. The quantitative estimate of drug-likeness (QED) is 0.258. The third-order valence-electron chi connectivity index (χ3n) is 11.8. The number of rotatable bonds is 6. The fourth-order valence-electron chi connectivity index (χ4n) is 9.71. The zero-order valence-corrected chi connectivity index (χ0v) is 23.4. The van der Waals surface area contributed by atoms with Gasteiger partial charge in [0.2, 0.25) is 0 Å². The average Bonchev–Trinajstić information content (AvgIpc) is 3.22. The SMILES string of the molecule is C[C@H](CCC(=O)O)[C@H]1CC[C@H]2[C@@H]3[C@H](O)C[C@@H]4C[C@H](OC(=O)c5ccc(N)cc5O)CC[C@]4(C)[C@H]3C[C@H](O)[C@]12C. The number of ether oxygens (including phenoxy) is 1. The highest BCUT2D eigenvalue weighted by molar-refractivity contribution is 5.93. The number of fused-ring (bicyclic) bond motifs is 5. The van der Waals surface area contributed by atoms with Crippen LogP contribution in [0.1, 0.15) is 88.9 Å². The van der Waals surface area contributed by atoms with E-state index in [0.717, 1.165) is 19.3 Å². The topological polar surface area (TPSA) is 150 Å². The number of phenolic OH excluding ortho intramolecular Hbond substituents is 1. The Morgan fingerprint density at radius 2 is 1.85 bits per heavy atom. The number of carbonyl (C=O) groups is 2. The predicted octanol–water partition coefficient (Wildman–Crippen LogP) is 4.60. The van der Waals surface area contributed by atoms with Gasteiger partial charge in [-0.2, -0.15) is 0 Å². The van der Waals surface area contributed by atoms with Crippen molar-refractivity contribution < 1.29 is 34.8 Å². The zero-order valence-electron chi connectivity index (χ0n) is 23.4. The molecule has 0 spiro atoms. The van der Waals surface area contributed by atoms with E-state index >= 15 is 0 Å². The third kappa shape index (κ3) is 4.71. The van der Waals surface area contributed by atoms with Crippen molar-refractivity contribution in [3.63, 3.8) is 0 Å².